The molecule has 0 rings (SSSR count). The van der Waals surface area contributed by atoms with Crippen LogP contribution >= 0.6 is 0 Å². The van der Waals surface area contributed by atoms with Crippen LogP contribution in [0.3, 0.4) is 0 Å². The summed E-state index contributed by atoms with van der Waals surface area (Å²) >= 11 is 0. The molecule has 4 heteroatoms. The molecule has 0 amide bonds. The van der Waals surface area contributed by atoms with Crippen molar-refractivity contribution < 1.29 is 20.1 Å². The molecule has 0 aromatic rings. The molecule has 0 radical (unpaired) electrons. The van der Waals surface area contributed by atoms with E-state index in [4.69, 9.17) is 5.11 Å². The molecule has 0 saturated heterocycles. The molecule has 0 bridgehead atoms. The molecule has 3 N–H and O–H groups in total. The first kappa shape index (κ1) is 14.4. The van der Waals surface area contributed by atoms with E-state index in [1.165, 1.54) is 6.42 Å². The second kappa shape index (κ2) is 7.65. The highest BCUT2D eigenvalue weighted by Crippen LogP contribution is 2.18. The minimum Gasteiger partial charge on any atom is -0.481 e. The molecule has 0 unspecified atom stereocenters. The van der Waals surface area contributed by atoms with Gasteiger partial charge in [0.05, 0.1) is 6.42 Å². The standard InChI is InChI=1S/C11H22O4/c1-2-3-4-5-6-8-11(14,15)9-7-10(12)13/h14-15H,2-9H2,1H3,(H,12,13). The van der Waals surface area contributed by atoms with Gasteiger partial charge in [-0.1, -0.05) is 32.6 Å². The maximum absolute atomic E-state index is 10.2. The smallest absolute Gasteiger partial charge is 0.303 e. The Kier molecular flexibility index (Phi) is 7.34. The maximum atomic E-state index is 10.2. The van der Waals surface area contributed by atoms with Crippen LogP contribution in [-0.4, -0.2) is 27.1 Å². The number of hydrogen-bond acceptors (Lipinski definition) is 3. The molecular weight excluding hydrogens is 196 g/mol. The zero-order chi connectivity index (χ0) is 11.7. The van der Waals surface area contributed by atoms with E-state index in [1.54, 1.807) is 0 Å². The third kappa shape index (κ3) is 9.69. The summed E-state index contributed by atoms with van der Waals surface area (Å²) in [6.45, 7) is 2.12. The largest absolute Gasteiger partial charge is 0.481 e. The highest BCUT2D eigenvalue weighted by atomic mass is 16.5. The lowest BCUT2D eigenvalue weighted by atomic mass is 10.0. The fourth-order valence-corrected chi connectivity index (χ4v) is 1.44. The molecule has 0 fully saturated rings. The summed E-state index contributed by atoms with van der Waals surface area (Å²) in [5.74, 6) is -2.79. The second-order valence-corrected chi connectivity index (χ2v) is 4.04. The van der Waals surface area contributed by atoms with Gasteiger partial charge in [-0.25, -0.2) is 0 Å². The number of aliphatic hydroxyl groups is 2. The molecule has 0 aliphatic rings. The number of rotatable bonds is 9. The number of carboxylic acids is 1. The van der Waals surface area contributed by atoms with E-state index in [-0.39, 0.29) is 19.3 Å². The van der Waals surface area contributed by atoms with Gasteiger partial charge in [0.2, 0.25) is 0 Å². The molecule has 0 aromatic carbocycles. The van der Waals surface area contributed by atoms with Crippen molar-refractivity contribution >= 4 is 5.97 Å². The Morgan fingerprint density at radius 3 is 2.20 bits per heavy atom. The summed E-state index contributed by atoms with van der Waals surface area (Å²) in [4.78, 5) is 10.2. The highest BCUT2D eigenvalue weighted by molar-refractivity contribution is 5.66. The van der Waals surface area contributed by atoms with E-state index < -0.39 is 11.8 Å². The van der Waals surface area contributed by atoms with Gasteiger partial charge in [-0.15, -0.1) is 0 Å². The van der Waals surface area contributed by atoms with E-state index in [1.807, 2.05) is 0 Å². The van der Waals surface area contributed by atoms with E-state index >= 15 is 0 Å². The number of carbonyl (C=O) groups is 1. The van der Waals surface area contributed by atoms with E-state index in [9.17, 15) is 15.0 Å². The average Bonchev–Trinajstić information content (AvgIpc) is 2.15. The lowest BCUT2D eigenvalue weighted by molar-refractivity contribution is -0.176. The zero-order valence-corrected chi connectivity index (χ0v) is 9.41. The van der Waals surface area contributed by atoms with Gasteiger partial charge >= 0.3 is 5.97 Å². The lowest BCUT2D eigenvalue weighted by Gasteiger charge is -2.20. The van der Waals surface area contributed by atoms with Crippen molar-refractivity contribution in [2.24, 2.45) is 0 Å². The minimum atomic E-state index is -1.80. The quantitative estimate of drug-likeness (QED) is 0.408. The summed E-state index contributed by atoms with van der Waals surface area (Å²) in [5.41, 5.74) is 0. The SMILES string of the molecule is CCCCCCCC(O)(O)CCC(=O)O. The second-order valence-electron chi connectivity index (χ2n) is 4.04. The zero-order valence-electron chi connectivity index (χ0n) is 9.41. The fraction of sp³-hybridized carbons (Fsp3) is 0.909. The van der Waals surface area contributed by atoms with Crippen LogP contribution in [0.4, 0.5) is 0 Å². The predicted octanol–water partition coefficient (Wildman–Crippen LogP) is 1.89. The van der Waals surface area contributed by atoms with Crippen LogP contribution in [0.1, 0.15) is 58.3 Å². The van der Waals surface area contributed by atoms with E-state index in [2.05, 4.69) is 6.92 Å². The molecule has 0 saturated carbocycles. The molecule has 0 aromatic heterocycles. The van der Waals surface area contributed by atoms with Crippen LogP contribution in [0.5, 0.6) is 0 Å². The van der Waals surface area contributed by atoms with Crippen molar-refractivity contribution in [2.75, 3.05) is 0 Å². The first-order chi connectivity index (χ1) is 6.98. The summed E-state index contributed by atoms with van der Waals surface area (Å²) in [7, 11) is 0. The first-order valence-electron chi connectivity index (χ1n) is 5.64. The van der Waals surface area contributed by atoms with E-state index in [0.717, 1.165) is 25.7 Å². The first-order valence-corrected chi connectivity index (χ1v) is 5.64. The van der Waals surface area contributed by atoms with Crippen molar-refractivity contribution in [1.29, 1.82) is 0 Å². The van der Waals surface area contributed by atoms with Crippen LogP contribution in [0.15, 0.2) is 0 Å². The molecule has 90 valence electrons. The van der Waals surface area contributed by atoms with Gasteiger partial charge in [-0.3, -0.25) is 4.79 Å². The Balaban J connectivity index is 3.50. The molecule has 0 aliphatic carbocycles. The van der Waals surface area contributed by atoms with Crippen molar-refractivity contribution in [3.8, 4) is 0 Å². The van der Waals surface area contributed by atoms with Crippen molar-refractivity contribution in [3.05, 3.63) is 0 Å². The Bertz CT molecular complexity index is 177. The Hall–Kier alpha value is -0.610. The lowest BCUT2D eigenvalue weighted by Crippen LogP contribution is -2.28. The number of aliphatic carboxylic acids is 1. The third-order valence-electron chi connectivity index (χ3n) is 2.42. The fourth-order valence-electron chi connectivity index (χ4n) is 1.44. The van der Waals surface area contributed by atoms with Crippen molar-refractivity contribution in [3.63, 3.8) is 0 Å². The van der Waals surface area contributed by atoms with Crippen LogP contribution in [-0.2, 0) is 4.79 Å². The highest BCUT2D eigenvalue weighted by Gasteiger charge is 2.22. The number of carboxylic acid groups (broad SMARTS) is 1. The van der Waals surface area contributed by atoms with Gasteiger partial charge in [-0.05, 0) is 6.42 Å². The molecular formula is C11H22O4. The predicted molar refractivity (Wildman–Crippen MR) is 57.4 cm³/mol. The summed E-state index contributed by atoms with van der Waals surface area (Å²) in [5, 5.41) is 27.2. The number of hydrogen-bond donors (Lipinski definition) is 3. The third-order valence-corrected chi connectivity index (χ3v) is 2.42. The monoisotopic (exact) mass is 218 g/mol. The molecule has 0 atom stereocenters. The van der Waals surface area contributed by atoms with Gasteiger partial charge in [0, 0.05) is 12.8 Å². The van der Waals surface area contributed by atoms with Gasteiger partial charge in [-0.2, -0.15) is 0 Å². The molecule has 0 spiro atoms. The normalized spacial score (nSPS) is 11.7. The van der Waals surface area contributed by atoms with Gasteiger partial charge in [0.25, 0.3) is 0 Å². The Morgan fingerprint density at radius 1 is 1.07 bits per heavy atom. The van der Waals surface area contributed by atoms with Crippen molar-refractivity contribution in [2.45, 2.75) is 64.1 Å². The maximum Gasteiger partial charge on any atom is 0.303 e. The Morgan fingerprint density at radius 2 is 1.67 bits per heavy atom. The van der Waals surface area contributed by atoms with E-state index in [0.29, 0.717) is 0 Å². The van der Waals surface area contributed by atoms with Crippen LogP contribution < -0.4 is 0 Å². The van der Waals surface area contributed by atoms with Gasteiger partial charge < -0.3 is 15.3 Å². The Labute approximate surface area is 90.9 Å². The van der Waals surface area contributed by atoms with Crippen LogP contribution in [0.25, 0.3) is 0 Å². The van der Waals surface area contributed by atoms with Gasteiger partial charge in [0.15, 0.2) is 5.79 Å². The molecule has 0 aliphatic heterocycles. The topological polar surface area (TPSA) is 77.8 Å². The molecule has 0 heterocycles. The van der Waals surface area contributed by atoms with Gasteiger partial charge in [0.1, 0.15) is 0 Å². The summed E-state index contributed by atoms with van der Waals surface area (Å²) < 4.78 is 0. The van der Waals surface area contributed by atoms with Crippen LogP contribution in [0, 0.1) is 0 Å². The molecule has 15 heavy (non-hydrogen) atoms. The minimum absolute atomic E-state index is 0.0872. The van der Waals surface area contributed by atoms with Crippen molar-refractivity contribution in [1.82, 2.24) is 0 Å². The summed E-state index contributed by atoms with van der Waals surface area (Å²) in [6, 6.07) is 0. The summed E-state index contributed by atoms with van der Waals surface area (Å²) in [6.07, 6.45) is 5.13. The number of unbranched alkanes of at least 4 members (excludes halogenated alkanes) is 4. The molecule has 4 nitrogen and oxygen atoms in total. The van der Waals surface area contributed by atoms with Crippen LogP contribution in [0.2, 0.25) is 0 Å². The average molecular weight is 218 g/mol.